The Kier molecular flexibility index (Phi) is 26.0. The normalized spacial score (nSPS) is 12.8. The number of aliphatic carboxylic acids is 2. The Labute approximate surface area is 279 Å². The van der Waals surface area contributed by atoms with E-state index < -0.39 is 35.7 Å². The fourth-order valence-electron chi connectivity index (χ4n) is 4.52. The maximum absolute atomic E-state index is 13.6. The van der Waals surface area contributed by atoms with E-state index in [2.05, 4.69) is 15.6 Å². The number of nitrogens with one attached hydrogen (secondary N) is 3. The molecule has 1 aromatic rings. The number of nitrogens with two attached hydrogens (primary N) is 1. The smallest absolute Gasteiger partial charge is 0.300 e. The highest BCUT2D eigenvalue weighted by atomic mass is 16.5. The fourth-order valence-corrected chi connectivity index (χ4v) is 4.52. The quantitative estimate of drug-likeness (QED) is 0.0376. The molecule has 14 nitrogen and oxygen atoms in total. The summed E-state index contributed by atoms with van der Waals surface area (Å²) in [5.41, 5.74) is 8.52. The second-order valence-electron chi connectivity index (χ2n) is 11.9. The topological polar surface area (TPSA) is 224 Å². The molecule has 268 valence electrons. The van der Waals surface area contributed by atoms with Gasteiger partial charge in [-0.2, -0.15) is 0 Å². The number of rotatable bonds is 19. The van der Waals surface area contributed by atoms with Crippen LogP contribution in [0.25, 0.3) is 0 Å². The highest BCUT2D eigenvalue weighted by Gasteiger charge is 2.35. The first kappa shape index (κ1) is 45.1. The van der Waals surface area contributed by atoms with Crippen molar-refractivity contribution in [2.75, 3.05) is 33.7 Å². The van der Waals surface area contributed by atoms with E-state index in [-0.39, 0.29) is 17.7 Å². The van der Waals surface area contributed by atoms with Gasteiger partial charge in [-0.05, 0) is 77.4 Å². The van der Waals surface area contributed by atoms with Crippen molar-refractivity contribution in [3.05, 3.63) is 35.9 Å². The molecule has 1 rings (SSSR count). The average Bonchev–Trinajstić information content (AvgIpc) is 2.96. The number of aryl methyl sites for hydroxylation is 1. The van der Waals surface area contributed by atoms with Crippen LogP contribution < -0.4 is 21.8 Å². The van der Waals surface area contributed by atoms with Crippen LogP contribution in [-0.2, 0) is 30.4 Å². The van der Waals surface area contributed by atoms with Crippen LogP contribution in [0.5, 0.6) is 0 Å². The van der Waals surface area contributed by atoms with Crippen LogP contribution in [0.3, 0.4) is 0 Å². The predicted molar refractivity (Wildman–Crippen MR) is 182 cm³/mol. The van der Waals surface area contributed by atoms with Crippen molar-refractivity contribution in [3.63, 3.8) is 0 Å². The van der Waals surface area contributed by atoms with Crippen LogP contribution in [0.4, 0.5) is 0 Å². The molecule has 0 saturated carbocycles. The Hall–Kier alpha value is -4.04. The molecule has 3 amide bonds. The van der Waals surface area contributed by atoms with E-state index >= 15 is 0 Å². The van der Waals surface area contributed by atoms with Crippen molar-refractivity contribution in [3.8, 4) is 0 Å². The van der Waals surface area contributed by atoms with E-state index in [1.54, 1.807) is 12.4 Å². The number of likely N-dealkylation sites (N-methyl/N-ethyl adjacent to an activating group) is 1. The molecule has 14 heteroatoms. The van der Waals surface area contributed by atoms with Crippen LogP contribution in [-0.4, -0.2) is 95.6 Å². The van der Waals surface area contributed by atoms with E-state index in [9.17, 15) is 19.6 Å². The largest absolute Gasteiger partial charge is 0.481 e. The van der Waals surface area contributed by atoms with E-state index in [1.165, 1.54) is 0 Å². The van der Waals surface area contributed by atoms with Gasteiger partial charge in [0.15, 0.2) is 0 Å². The van der Waals surface area contributed by atoms with Gasteiger partial charge in [-0.15, -0.1) is 0 Å². The van der Waals surface area contributed by atoms with Crippen molar-refractivity contribution >= 4 is 35.5 Å². The number of carbonyl (C=O) groups is 5. The van der Waals surface area contributed by atoms with E-state index in [0.717, 1.165) is 32.3 Å². The molecule has 8 N–H and O–H groups in total. The molecule has 1 aromatic carbocycles. The molecule has 1 unspecified atom stereocenters. The highest BCUT2D eigenvalue weighted by Crippen LogP contribution is 2.27. The number of aliphatic imine (C=N–C) groups is 1. The van der Waals surface area contributed by atoms with Gasteiger partial charge in [0.1, 0.15) is 6.04 Å². The van der Waals surface area contributed by atoms with Gasteiger partial charge in [0, 0.05) is 39.4 Å². The molecule has 0 aliphatic rings. The molecule has 3 atom stereocenters. The zero-order valence-electron chi connectivity index (χ0n) is 29.1. The number of nitrogens with zero attached hydrogens (tertiary/aromatic N) is 2. The molecule has 0 radical (unpaired) electrons. The molecule has 0 saturated heterocycles. The SMILES string of the molecule is CC(=O)O.CC(=O)O.CC(N)=NCCCC[C@H](NC(=O)[C@H](CC(C)C)C(CCCc1ccccc1)C(=O)NO)C(=O)NCCN(C)C. The second-order valence-corrected chi connectivity index (χ2v) is 11.9. The molecular formula is C33H58N6O8. The third-order valence-electron chi connectivity index (χ3n) is 6.57. The third kappa shape index (κ3) is 26.8. The lowest BCUT2D eigenvalue weighted by atomic mass is 9.80. The number of carboxylic acids is 2. The summed E-state index contributed by atoms with van der Waals surface area (Å²) in [6.07, 6.45) is 4.17. The number of amidine groups is 1. The minimum absolute atomic E-state index is 0.133. The van der Waals surface area contributed by atoms with Crippen molar-refractivity contribution in [1.82, 2.24) is 21.0 Å². The lowest BCUT2D eigenvalue weighted by molar-refractivity contribution is -0.142. The number of carboxylic acid groups (broad SMARTS) is 2. The first-order valence-electron chi connectivity index (χ1n) is 15.9. The Morgan fingerprint density at radius 2 is 1.43 bits per heavy atom. The number of hydroxylamine groups is 1. The van der Waals surface area contributed by atoms with E-state index in [1.807, 2.05) is 63.2 Å². The Morgan fingerprint density at radius 1 is 0.851 bits per heavy atom. The zero-order valence-corrected chi connectivity index (χ0v) is 29.1. The van der Waals surface area contributed by atoms with Crippen molar-refractivity contribution in [2.45, 2.75) is 85.6 Å². The first-order valence-corrected chi connectivity index (χ1v) is 15.9. The molecule has 0 spiro atoms. The summed E-state index contributed by atoms with van der Waals surface area (Å²) >= 11 is 0. The standard InChI is InChI=1S/C29H50N6O4.2C2H4O2/c1-21(2)20-25(24(28(37)34-39)15-11-14-23-12-7-6-8-13-23)27(36)33-26(16-9-10-17-31-22(3)30)29(38)32-18-19-35(4)5;2*1-2(3)4/h6-8,12-13,21,24-26,39H,9-11,14-20H2,1-5H3,(H2,30,31)(H,32,38)(H,33,36)(H,34,37);2*1H3,(H,3,4)/t24?,25-,26+;;/m1../s1. The Bertz CT molecular complexity index is 1060. The van der Waals surface area contributed by atoms with Crippen molar-refractivity contribution < 1.29 is 39.4 Å². The summed E-state index contributed by atoms with van der Waals surface area (Å²) in [6.45, 7) is 9.57. The number of benzene rings is 1. The molecule has 0 heterocycles. The van der Waals surface area contributed by atoms with Gasteiger partial charge < -0.3 is 31.5 Å². The Morgan fingerprint density at radius 3 is 1.91 bits per heavy atom. The number of hydrogen-bond donors (Lipinski definition) is 7. The van der Waals surface area contributed by atoms with Crippen LogP contribution in [0, 0.1) is 17.8 Å². The summed E-state index contributed by atoms with van der Waals surface area (Å²) in [5.74, 6) is -3.60. The van der Waals surface area contributed by atoms with E-state index in [4.69, 9.17) is 25.5 Å². The average molecular weight is 667 g/mol. The maximum Gasteiger partial charge on any atom is 0.300 e. The molecule has 0 aromatic heterocycles. The number of hydrogen-bond acceptors (Lipinski definition) is 8. The molecule has 47 heavy (non-hydrogen) atoms. The monoisotopic (exact) mass is 666 g/mol. The highest BCUT2D eigenvalue weighted by molar-refractivity contribution is 5.91. The second kappa shape index (κ2) is 27.1. The lowest BCUT2D eigenvalue weighted by Gasteiger charge is -2.28. The predicted octanol–water partition coefficient (Wildman–Crippen LogP) is 2.69. The maximum atomic E-state index is 13.6. The third-order valence-corrected chi connectivity index (χ3v) is 6.57. The van der Waals surface area contributed by atoms with Gasteiger partial charge in [0.25, 0.3) is 11.9 Å². The van der Waals surface area contributed by atoms with Crippen molar-refractivity contribution in [2.24, 2.45) is 28.5 Å². The van der Waals surface area contributed by atoms with Gasteiger partial charge in [-0.3, -0.25) is 34.2 Å². The molecule has 0 aliphatic heterocycles. The van der Waals surface area contributed by atoms with Gasteiger partial charge in [0.2, 0.25) is 17.7 Å². The van der Waals surface area contributed by atoms with Gasteiger partial charge in [0.05, 0.1) is 11.8 Å². The van der Waals surface area contributed by atoms with Gasteiger partial charge >= 0.3 is 0 Å². The molecule has 0 fully saturated rings. The number of amides is 3. The number of unbranched alkanes of at least 4 members (excludes halogenated alkanes) is 1. The summed E-state index contributed by atoms with van der Waals surface area (Å²) < 4.78 is 0. The first-order chi connectivity index (χ1) is 22.0. The number of carbonyl (C=O) groups excluding carboxylic acids is 3. The van der Waals surface area contributed by atoms with E-state index in [0.29, 0.717) is 57.6 Å². The lowest BCUT2D eigenvalue weighted by Crippen LogP contribution is -2.51. The summed E-state index contributed by atoms with van der Waals surface area (Å²) in [7, 11) is 3.85. The van der Waals surface area contributed by atoms with Crippen LogP contribution in [0.2, 0.25) is 0 Å². The minimum Gasteiger partial charge on any atom is -0.481 e. The van der Waals surface area contributed by atoms with Crippen molar-refractivity contribution in [1.29, 1.82) is 0 Å². The van der Waals surface area contributed by atoms with Crippen LogP contribution in [0.1, 0.15) is 78.7 Å². The summed E-state index contributed by atoms with van der Waals surface area (Å²) in [6, 6.07) is 9.21. The molecular weight excluding hydrogens is 608 g/mol. The molecule has 0 bridgehead atoms. The van der Waals surface area contributed by atoms with Crippen LogP contribution in [0.15, 0.2) is 35.3 Å². The minimum atomic E-state index is -0.833. The fraction of sp³-hybridized carbons (Fsp3) is 0.636. The zero-order chi connectivity index (χ0) is 36.4. The molecule has 0 aliphatic carbocycles. The van der Waals surface area contributed by atoms with Gasteiger partial charge in [-0.1, -0.05) is 44.2 Å². The Balaban J connectivity index is 0. The summed E-state index contributed by atoms with van der Waals surface area (Å²) in [4.78, 5) is 63.6. The van der Waals surface area contributed by atoms with Gasteiger partial charge in [-0.25, -0.2) is 5.48 Å². The van der Waals surface area contributed by atoms with Crippen LogP contribution >= 0.6 is 0 Å². The summed E-state index contributed by atoms with van der Waals surface area (Å²) in [5, 5.41) is 30.2.